The largest absolute Gasteiger partial charge is 1.00 e. The van der Waals surface area contributed by atoms with Crippen molar-refractivity contribution in [1.82, 2.24) is 0 Å². The van der Waals surface area contributed by atoms with E-state index < -0.39 is 0 Å². The lowest BCUT2D eigenvalue weighted by atomic mass is 10.4. The first kappa shape index (κ1) is 15.7. The second-order valence-corrected chi connectivity index (χ2v) is 3.20. The molecule has 3 nitrogen and oxygen atoms in total. The van der Waals surface area contributed by atoms with Gasteiger partial charge in [-0.25, -0.2) is 4.79 Å². The van der Waals surface area contributed by atoms with Gasteiger partial charge in [-0.3, -0.25) is 4.48 Å². The molecule has 0 fully saturated rings. The summed E-state index contributed by atoms with van der Waals surface area (Å²) in [5.41, 5.74) is 0. The number of halogens is 1. The molecule has 0 radical (unpaired) electrons. The van der Waals surface area contributed by atoms with Crippen LogP contribution in [-0.2, 0) is 9.53 Å². The number of quaternary nitrogens is 1. The van der Waals surface area contributed by atoms with Crippen LogP contribution in [0.4, 0.5) is 0 Å². The van der Waals surface area contributed by atoms with Gasteiger partial charge in [0, 0.05) is 6.08 Å². The van der Waals surface area contributed by atoms with E-state index in [0.29, 0.717) is 11.2 Å². The molecule has 1 unspecified atom stereocenters. The summed E-state index contributed by atoms with van der Waals surface area (Å²) in [6.07, 6.45) is 3.00. The highest BCUT2D eigenvalue weighted by Crippen LogP contribution is 2.02. The van der Waals surface area contributed by atoms with Gasteiger partial charge in [-0.05, 0) is 13.0 Å². The Kier molecular flexibility index (Phi) is 8.49. The molecule has 1 atom stereocenters. The third-order valence-corrected chi connectivity index (χ3v) is 2.02. The Morgan fingerprint density at radius 1 is 1.50 bits per heavy atom. The van der Waals surface area contributed by atoms with Crippen molar-refractivity contribution in [3.63, 3.8) is 0 Å². The standard InChI is InChI=1S/C10H18NO2.ClH/c1-5-8-11(4,7-3)9-13-10(12)6-2;/h5-6H,1-2,7-9H2,3-4H3;1H/q+1;/p-1. The molecule has 0 bridgehead atoms. The fourth-order valence-corrected chi connectivity index (χ4v) is 0.863. The Labute approximate surface area is 92.0 Å². The van der Waals surface area contributed by atoms with Gasteiger partial charge in [0.2, 0.25) is 6.73 Å². The molecule has 0 aliphatic heterocycles. The lowest BCUT2D eigenvalue weighted by Gasteiger charge is -2.30. The predicted molar refractivity (Wildman–Crippen MR) is 52.9 cm³/mol. The van der Waals surface area contributed by atoms with Gasteiger partial charge in [0.05, 0.1) is 20.1 Å². The highest BCUT2D eigenvalue weighted by molar-refractivity contribution is 5.81. The summed E-state index contributed by atoms with van der Waals surface area (Å²) >= 11 is 0. The molecule has 0 aliphatic carbocycles. The summed E-state index contributed by atoms with van der Waals surface area (Å²) in [4.78, 5) is 10.8. The molecule has 0 heterocycles. The van der Waals surface area contributed by atoms with Crippen LogP contribution in [0.3, 0.4) is 0 Å². The summed E-state index contributed by atoms with van der Waals surface area (Å²) in [7, 11) is 2.01. The predicted octanol–water partition coefficient (Wildman–Crippen LogP) is -1.67. The summed E-state index contributed by atoms with van der Waals surface area (Å²) in [6.45, 7) is 11.1. The number of hydrogen-bond donors (Lipinski definition) is 0. The average Bonchev–Trinajstić information content (AvgIpc) is 2.15. The van der Waals surface area contributed by atoms with Gasteiger partial charge in [0.15, 0.2) is 0 Å². The summed E-state index contributed by atoms with van der Waals surface area (Å²) in [6, 6.07) is 0. The molecule has 0 aliphatic rings. The monoisotopic (exact) mass is 219 g/mol. The molecular formula is C10H18ClNO2. The van der Waals surface area contributed by atoms with E-state index in [0.717, 1.165) is 13.1 Å². The molecule has 0 rings (SSSR count). The second kappa shape index (κ2) is 7.59. The van der Waals surface area contributed by atoms with Crippen LogP contribution in [0.15, 0.2) is 25.3 Å². The molecule has 0 amide bonds. The molecule has 0 N–H and O–H groups in total. The van der Waals surface area contributed by atoms with Crippen molar-refractivity contribution in [2.24, 2.45) is 0 Å². The van der Waals surface area contributed by atoms with E-state index in [1.165, 1.54) is 6.08 Å². The molecule has 0 spiro atoms. The van der Waals surface area contributed by atoms with Crippen molar-refractivity contribution in [2.75, 3.05) is 26.9 Å². The van der Waals surface area contributed by atoms with Crippen LogP contribution >= 0.6 is 0 Å². The Bertz CT molecular complexity index is 206. The van der Waals surface area contributed by atoms with E-state index in [4.69, 9.17) is 4.74 Å². The quantitative estimate of drug-likeness (QED) is 0.176. The molecule has 0 aromatic rings. The number of carbonyl (C=O) groups excluding carboxylic acids is 1. The molecule has 0 aromatic heterocycles. The molecular weight excluding hydrogens is 202 g/mol. The number of nitrogens with zero attached hydrogens (tertiary/aromatic N) is 1. The third-order valence-electron chi connectivity index (χ3n) is 2.02. The zero-order valence-corrected chi connectivity index (χ0v) is 9.59. The van der Waals surface area contributed by atoms with Gasteiger partial charge in [0.25, 0.3) is 0 Å². The van der Waals surface area contributed by atoms with Crippen molar-refractivity contribution >= 4 is 5.97 Å². The zero-order valence-electron chi connectivity index (χ0n) is 8.83. The lowest BCUT2D eigenvalue weighted by molar-refractivity contribution is -0.918. The van der Waals surface area contributed by atoms with Crippen LogP contribution < -0.4 is 12.4 Å². The Morgan fingerprint density at radius 2 is 2.07 bits per heavy atom. The van der Waals surface area contributed by atoms with Crippen molar-refractivity contribution in [3.05, 3.63) is 25.3 Å². The minimum atomic E-state index is -0.373. The highest BCUT2D eigenvalue weighted by Gasteiger charge is 2.18. The molecule has 0 saturated carbocycles. The van der Waals surface area contributed by atoms with Gasteiger partial charge in [0.1, 0.15) is 0 Å². The summed E-state index contributed by atoms with van der Waals surface area (Å²) in [5, 5.41) is 0. The Hall–Kier alpha value is -0.800. The topological polar surface area (TPSA) is 26.3 Å². The van der Waals surface area contributed by atoms with Crippen LogP contribution in [0.25, 0.3) is 0 Å². The number of carbonyl (C=O) groups is 1. The Balaban J connectivity index is 0. The maximum absolute atomic E-state index is 10.8. The smallest absolute Gasteiger partial charge is 0.334 e. The first-order valence-corrected chi connectivity index (χ1v) is 4.31. The highest BCUT2D eigenvalue weighted by atomic mass is 35.5. The normalized spacial score (nSPS) is 13.3. The van der Waals surface area contributed by atoms with Crippen LogP contribution in [-0.4, -0.2) is 37.3 Å². The summed E-state index contributed by atoms with van der Waals surface area (Å²) in [5.74, 6) is -0.373. The van der Waals surface area contributed by atoms with E-state index in [2.05, 4.69) is 13.2 Å². The maximum Gasteiger partial charge on any atom is 0.334 e. The van der Waals surface area contributed by atoms with Crippen LogP contribution in [0.5, 0.6) is 0 Å². The van der Waals surface area contributed by atoms with Gasteiger partial charge in [-0.2, -0.15) is 0 Å². The van der Waals surface area contributed by atoms with Gasteiger partial charge in [-0.15, -0.1) is 0 Å². The fourth-order valence-electron chi connectivity index (χ4n) is 0.863. The van der Waals surface area contributed by atoms with E-state index in [1.807, 2.05) is 20.0 Å². The minimum Gasteiger partial charge on any atom is -1.00 e. The molecule has 0 aromatic carbocycles. The van der Waals surface area contributed by atoms with Crippen molar-refractivity contribution in [3.8, 4) is 0 Å². The third kappa shape index (κ3) is 5.78. The number of likely N-dealkylation sites (N-methyl/N-ethyl adjacent to an activating group) is 1. The summed E-state index contributed by atoms with van der Waals surface area (Å²) < 4.78 is 5.62. The Morgan fingerprint density at radius 3 is 2.43 bits per heavy atom. The van der Waals surface area contributed by atoms with Crippen molar-refractivity contribution in [2.45, 2.75) is 6.92 Å². The van der Waals surface area contributed by atoms with Crippen molar-refractivity contribution < 1.29 is 26.4 Å². The van der Waals surface area contributed by atoms with Crippen LogP contribution in [0.2, 0.25) is 0 Å². The van der Waals surface area contributed by atoms with Gasteiger partial charge < -0.3 is 17.1 Å². The van der Waals surface area contributed by atoms with E-state index >= 15 is 0 Å². The average molecular weight is 220 g/mol. The first-order valence-electron chi connectivity index (χ1n) is 4.31. The zero-order chi connectivity index (χ0) is 10.3. The molecule has 14 heavy (non-hydrogen) atoms. The fraction of sp³-hybridized carbons (Fsp3) is 0.500. The number of hydrogen-bond acceptors (Lipinski definition) is 2. The van der Waals surface area contributed by atoms with E-state index in [9.17, 15) is 4.79 Å². The SMILES string of the molecule is C=CC[N+](C)(CC)COC(=O)C=C.[Cl-]. The van der Waals surface area contributed by atoms with Gasteiger partial charge in [-0.1, -0.05) is 13.2 Å². The van der Waals surface area contributed by atoms with E-state index in [1.54, 1.807) is 0 Å². The maximum atomic E-state index is 10.8. The molecule has 4 heteroatoms. The van der Waals surface area contributed by atoms with E-state index in [-0.39, 0.29) is 18.4 Å². The van der Waals surface area contributed by atoms with Gasteiger partial charge >= 0.3 is 5.97 Å². The minimum absolute atomic E-state index is 0. The molecule has 0 saturated heterocycles. The van der Waals surface area contributed by atoms with Crippen LogP contribution in [0.1, 0.15) is 6.92 Å². The van der Waals surface area contributed by atoms with Crippen molar-refractivity contribution in [1.29, 1.82) is 0 Å². The number of ether oxygens (including phenoxy) is 1. The van der Waals surface area contributed by atoms with Crippen LogP contribution in [0, 0.1) is 0 Å². The first-order chi connectivity index (χ1) is 6.08. The molecule has 82 valence electrons. The number of esters is 1. The second-order valence-electron chi connectivity index (χ2n) is 3.20. The number of rotatable bonds is 6. The lowest BCUT2D eigenvalue weighted by Crippen LogP contribution is -3.00.